The van der Waals surface area contributed by atoms with Gasteiger partial charge in [0.2, 0.25) is 0 Å². The van der Waals surface area contributed by atoms with Crippen molar-refractivity contribution in [1.82, 2.24) is 0 Å². The van der Waals surface area contributed by atoms with Gasteiger partial charge in [-0.3, -0.25) is 0 Å². The van der Waals surface area contributed by atoms with Gasteiger partial charge < -0.3 is 0 Å². The van der Waals surface area contributed by atoms with Crippen molar-refractivity contribution in [3.05, 3.63) is 41.5 Å². The SMILES string of the molecule is CCc1ccc(/C(Cl)=C/C=[N+]2CCCCCC2)cc1. The minimum Gasteiger partial charge on any atom is -0.236 e. The first kappa shape index (κ1) is 14.3. The third kappa shape index (κ3) is 4.50. The fourth-order valence-corrected chi connectivity index (χ4v) is 2.59. The van der Waals surface area contributed by atoms with Crippen LogP contribution in [0.1, 0.15) is 43.7 Å². The molecule has 1 heterocycles. The van der Waals surface area contributed by atoms with E-state index in [1.165, 1.54) is 31.2 Å². The van der Waals surface area contributed by atoms with Gasteiger partial charge >= 0.3 is 0 Å². The summed E-state index contributed by atoms with van der Waals surface area (Å²) in [5.41, 5.74) is 2.45. The van der Waals surface area contributed by atoms with E-state index in [1.807, 2.05) is 6.08 Å². The molecular weight excluding hydrogens is 254 g/mol. The van der Waals surface area contributed by atoms with E-state index in [4.69, 9.17) is 11.6 Å². The second-order valence-corrected chi connectivity index (χ2v) is 5.57. The highest BCUT2D eigenvalue weighted by Crippen LogP contribution is 2.18. The molecule has 0 spiro atoms. The van der Waals surface area contributed by atoms with E-state index in [2.05, 4.69) is 42.0 Å². The molecule has 0 radical (unpaired) electrons. The molecule has 1 saturated heterocycles. The van der Waals surface area contributed by atoms with Gasteiger partial charge in [0.15, 0.2) is 6.21 Å². The Morgan fingerprint density at radius 1 is 1.11 bits per heavy atom. The van der Waals surface area contributed by atoms with Crippen molar-refractivity contribution >= 4 is 22.8 Å². The lowest BCUT2D eigenvalue weighted by Crippen LogP contribution is -2.13. The number of benzene rings is 1. The first-order chi connectivity index (χ1) is 9.29. The van der Waals surface area contributed by atoms with Crippen molar-refractivity contribution in [2.75, 3.05) is 13.1 Å². The van der Waals surface area contributed by atoms with Gasteiger partial charge in [-0.25, -0.2) is 4.58 Å². The molecule has 1 aliphatic heterocycles. The fourth-order valence-electron chi connectivity index (χ4n) is 2.41. The highest BCUT2D eigenvalue weighted by atomic mass is 35.5. The third-order valence-electron chi connectivity index (χ3n) is 3.71. The van der Waals surface area contributed by atoms with E-state index in [1.54, 1.807) is 0 Å². The second kappa shape index (κ2) is 7.49. The quantitative estimate of drug-likeness (QED) is 0.716. The molecule has 0 aliphatic carbocycles. The molecule has 0 amide bonds. The summed E-state index contributed by atoms with van der Waals surface area (Å²) in [5.74, 6) is 0. The van der Waals surface area contributed by atoms with Crippen molar-refractivity contribution in [2.45, 2.75) is 39.0 Å². The Morgan fingerprint density at radius 2 is 1.74 bits per heavy atom. The molecule has 0 atom stereocenters. The van der Waals surface area contributed by atoms with Gasteiger partial charge in [0, 0.05) is 18.9 Å². The molecule has 1 nitrogen and oxygen atoms in total. The van der Waals surface area contributed by atoms with E-state index in [-0.39, 0.29) is 0 Å². The van der Waals surface area contributed by atoms with E-state index in [0.717, 1.165) is 30.1 Å². The Morgan fingerprint density at radius 3 is 2.32 bits per heavy atom. The van der Waals surface area contributed by atoms with Crippen LogP contribution in [0.2, 0.25) is 0 Å². The zero-order valence-electron chi connectivity index (χ0n) is 11.7. The molecule has 2 heteroatoms. The summed E-state index contributed by atoms with van der Waals surface area (Å²) in [5, 5.41) is 0.826. The maximum atomic E-state index is 6.36. The lowest BCUT2D eigenvalue weighted by atomic mass is 10.1. The third-order valence-corrected chi connectivity index (χ3v) is 4.05. The summed E-state index contributed by atoms with van der Waals surface area (Å²) in [6.45, 7) is 4.49. The Balaban J connectivity index is 2.06. The zero-order chi connectivity index (χ0) is 13.5. The molecule has 0 bridgehead atoms. The van der Waals surface area contributed by atoms with Crippen LogP contribution in [0, 0.1) is 0 Å². The topological polar surface area (TPSA) is 3.01 Å². The standard InChI is InChI=1S/C17H23ClN/c1-2-15-7-9-16(10-8-15)17(18)11-14-19-12-5-3-4-6-13-19/h7-11,14H,2-6,12-13H2,1H3/q+1/b17-11-. The number of allylic oxidation sites excluding steroid dienone is 1. The van der Waals surface area contributed by atoms with Gasteiger partial charge in [-0.15, -0.1) is 0 Å². The summed E-state index contributed by atoms with van der Waals surface area (Å²) in [6.07, 6.45) is 10.6. The molecule has 0 N–H and O–H groups in total. The van der Waals surface area contributed by atoms with E-state index < -0.39 is 0 Å². The molecular formula is C17H23ClN+. The first-order valence-corrected chi connectivity index (χ1v) is 7.71. The highest BCUT2D eigenvalue weighted by molar-refractivity contribution is 6.49. The molecule has 0 unspecified atom stereocenters. The predicted octanol–water partition coefficient (Wildman–Crippen LogP) is 4.49. The summed E-state index contributed by atoms with van der Waals surface area (Å²) in [4.78, 5) is 0. The molecule has 1 fully saturated rings. The van der Waals surface area contributed by atoms with Crippen LogP contribution >= 0.6 is 11.6 Å². The van der Waals surface area contributed by atoms with Gasteiger partial charge in [0.05, 0.1) is 5.03 Å². The molecule has 1 aromatic carbocycles. The van der Waals surface area contributed by atoms with Crippen LogP contribution in [0.3, 0.4) is 0 Å². The van der Waals surface area contributed by atoms with Gasteiger partial charge in [0.1, 0.15) is 13.1 Å². The molecule has 19 heavy (non-hydrogen) atoms. The van der Waals surface area contributed by atoms with Crippen LogP contribution in [-0.4, -0.2) is 23.9 Å². The van der Waals surface area contributed by atoms with E-state index >= 15 is 0 Å². The van der Waals surface area contributed by atoms with Gasteiger partial charge in [-0.1, -0.05) is 42.8 Å². The van der Waals surface area contributed by atoms with E-state index in [0.29, 0.717) is 0 Å². The Bertz CT molecular complexity index is 447. The summed E-state index contributed by atoms with van der Waals surface area (Å²) < 4.78 is 2.38. The molecule has 0 saturated carbocycles. The van der Waals surface area contributed by atoms with Crippen molar-refractivity contribution < 1.29 is 4.58 Å². The highest BCUT2D eigenvalue weighted by Gasteiger charge is 2.08. The number of rotatable bonds is 3. The van der Waals surface area contributed by atoms with Gasteiger partial charge in [-0.05, 0) is 30.4 Å². The van der Waals surface area contributed by atoms with Crippen molar-refractivity contribution in [3.63, 3.8) is 0 Å². The molecule has 1 aliphatic rings. The predicted molar refractivity (Wildman–Crippen MR) is 84.2 cm³/mol. The van der Waals surface area contributed by atoms with Crippen LogP contribution < -0.4 is 0 Å². The molecule has 102 valence electrons. The summed E-state index contributed by atoms with van der Waals surface area (Å²) in [6, 6.07) is 8.51. The maximum absolute atomic E-state index is 6.36. The lowest BCUT2D eigenvalue weighted by molar-refractivity contribution is -0.520. The molecule has 1 aromatic rings. The lowest BCUT2D eigenvalue weighted by Gasteiger charge is -2.01. The minimum atomic E-state index is 0.826. The molecule has 0 aromatic heterocycles. The van der Waals surface area contributed by atoms with Gasteiger partial charge in [-0.2, -0.15) is 0 Å². The van der Waals surface area contributed by atoms with Crippen LogP contribution in [0.15, 0.2) is 30.3 Å². The van der Waals surface area contributed by atoms with Crippen LogP contribution in [0.4, 0.5) is 0 Å². The number of hydrogen-bond acceptors (Lipinski definition) is 0. The van der Waals surface area contributed by atoms with E-state index in [9.17, 15) is 0 Å². The normalized spacial score (nSPS) is 17.2. The smallest absolute Gasteiger partial charge is 0.164 e. The van der Waals surface area contributed by atoms with Crippen molar-refractivity contribution in [3.8, 4) is 0 Å². The Labute approximate surface area is 121 Å². The number of hydrogen-bond donors (Lipinski definition) is 0. The average molecular weight is 277 g/mol. The number of aryl methyl sites for hydroxylation is 1. The monoisotopic (exact) mass is 276 g/mol. The van der Waals surface area contributed by atoms with Gasteiger partial charge in [0.25, 0.3) is 0 Å². The zero-order valence-corrected chi connectivity index (χ0v) is 12.5. The Hall–Kier alpha value is -1.08. The van der Waals surface area contributed by atoms with Crippen LogP contribution in [0.25, 0.3) is 5.03 Å². The van der Waals surface area contributed by atoms with Crippen molar-refractivity contribution in [1.29, 1.82) is 0 Å². The largest absolute Gasteiger partial charge is 0.236 e. The average Bonchev–Trinajstić information content (AvgIpc) is 2.73. The fraction of sp³-hybridized carbons (Fsp3) is 0.471. The number of nitrogens with zero attached hydrogens (tertiary/aromatic N) is 1. The summed E-state index contributed by atoms with van der Waals surface area (Å²) >= 11 is 6.36. The van der Waals surface area contributed by atoms with Crippen LogP contribution in [-0.2, 0) is 6.42 Å². The maximum Gasteiger partial charge on any atom is 0.164 e. The first-order valence-electron chi connectivity index (χ1n) is 7.33. The van der Waals surface area contributed by atoms with Crippen molar-refractivity contribution in [2.24, 2.45) is 0 Å². The molecule has 2 rings (SSSR count). The summed E-state index contributed by atoms with van der Waals surface area (Å²) in [7, 11) is 0. The number of halogens is 1. The minimum absolute atomic E-state index is 0.826. The van der Waals surface area contributed by atoms with Crippen LogP contribution in [0.5, 0.6) is 0 Å². The Kier molecular flexibility index (Phi) is 5.65. The second-order valence-electron chi connectivity index (χ2n) is 5.16.